The number of carbonyl (C=O) groups is 2. The highest BCUT2D eigenvalue weighted by molar-refractivity contribution is 5.88. The van der Waals surface area contributed by atoms with Crippen LogP contribution in [0.25, 0.3) is 0 Å². The van der Waals surface area contributed by atoms with E-state index in [9.17, 15) is 49.8 Å². The number of amides is 2. The molecule has 0 spiro atoms. The van der Waals surface area contributed by atoms with E-state index in [4.69, 9.17) is 9.47 Å². The van der Waals surface area contributed by atoms with Gasteiger partial charge in [0.15, 0.2) is 6.23 Å². The van der Waals surface area contributed by atoms with Crippen LogP contribution in [0.4, 0.5) is 0 Å². The van der Waals surface area contributed by atoms with Gasteiger partial charge in [-0.25, -0.2) is 9.78 Å². The number of imidazole rings is 1. The highest BCUT2D eigenvalue weighted by Crippen LogP contribution is 2.28. The molecule has 2 aromatic rings. The molecule has 226 valence electrons. The first kappa shape index (κ1) is 30.5. The lowest BCUT2D eigenvalue weighted by atomic mass is 9.93. The van der Waals surface area contributed by atoms with Gasteiger partial charge in [0.05, 0.1) is 25.5 Å². The van der Waals surface area contributed by atoms with E-state index in [2.05, 4.69) is 20.6 Å². The van der Waals surface area contributed by atoms with Crippen LogP contribution in [0.1, 0.15) is 18.3 Å². The molecule has 4 heterocycles. The van der Waals surface area contributed by atoms with Crippen molar-refractivity contribution in [1.29, 1.82) is 0 Å². The molecule has 4 rings (SSSR count). The van der Waals surface area contributed by atoms with E-state index in [1.165, 1.54) is 12.5 Å². The Morgan fingerprint density at radius 2 is 1.71 bits per heavy atom. The Kier molecular flexibility index (Phi) is 9.66. The number of nitrogens with one attached hydrogen (secondary N) is 4. The zero-order chi connectivity index (χ0) is 29.8. The van der Waals surface area contributed by atoms with Crippen LogP contribution in [0.2, 0.25) is 0 Å². The number of rotatable bonds is 10. The summed E-state index contributed by atoms with van der Waals surface area (Å²) >= 11 is 0. The molecule has 18 nitrogen and oxygen atoms in total. The summed E-state index contributed by atoms with van der Waals surface area (Å²) < 4.78 is 11.8. The van der Waals surface area contributed by atoms with Crippen molar-refractivity contribution < 1.29 is 49.7 Å². The largest absolute Gasteiger partial charge is 0.394 e. The molecule has 0 aromatic carbocycles. The molecule has 2 aliphatic heterocycles. The third-order valence-corrected chi connectivity index (χ3v) is 6.95. The maximum absolute atomic E-state index is 13.1. The topological polar surface area (TPSA) is 282 Å². The van der Waals surface area contributed by atoms with Gasteiger partial charge in [-0.1, -0.05) is 0 Å². The third kappa shape index (κ3) is 6.88. The van der Waals surface area contributed by atoms with Gasteiger partial charge < -0.3 is 55.7 Å². The number of carbonyl (C=O) groups excluding carboxylic acids is 2. The van der Waals surface area contributed by atoms with E-state index >= 15 is 0 Å². The molecule has 0 bridgehead atoms. The highest BCUT2D eigenvalue weighted by atomic mass is 16.6. The van der Waals surface area contributed by atoms with E-state index < -0.39 is 97.2 Å². The van der Waals surface area contributed by atoms with Crippen LogP contribution in [0.5, 0.6) is 0 Å². The Labute approximate surface area is 230 Å². The Hall–Kier alpha value is -3.49. The first-order chi connectivity index (χ1) is 19.5. The Morgan fingerprint density at radius 3 is 2.37 bits per heavy atom. The zero-order valence-electron chi connectivity index (χ0n) is 21.4. The predicted molar refractivity (Wildman–Crippen MR) is 133 cm³/mol. The van der Waals surface area contributed by atoms with E-state index in [-0.39, 0.29) is 13.0 Å². The van der Waals surface area contributed by atoms with Gasteiger partial charge in [0.25, 0.3) is 5.56 Å². The number of aromatic amines is 2. The number of nitrogens with zero attached hydrogens (tertiary/aromatic N) is 2. The summed E-state index contributed by atoms with van der Waals surface area (Å²) in [6.45, 7) is -1.01. The molecule has 10 N–H and O–H groups in total. The number of ether oxygens (including phenoxy) is 2. The molecule has 18 heteroatoms. The molecule has 2 amide bonds. The molecule has 0 unspecified atom stereocenters. The summed E-state index contributed by atoms with van der Waals surface area (Å²) in [7, 11) is 0. The number of hydrogen-bond acceptors (Lipinski definition) is 13. The molecular weight excluding hydrogens is 552 g/mol. The second-order valence-electron chi connectivity index (χ2n) is 9.78. The van der Waals surface area contributed by atoms with E-state index in [1.54, 1.807) is 0 Å². The Morgan fingerprint density at radius 1 is 1.00 bits per heavy atom. The normalized spacial score (nSPS) is 32.4. The van der Waals surface area contributed by atoms with Crippen LogP contribution in [0.3, 0.4) is 0 Å². The van der Waals surface area contributed by atoms with Crippen molar-refractivity contribution in [2.45, 2.75) is 73.9 Å². The molecule has 41 heavy (non-hydrogen) atoms. The minimum atomic E-state index is -1.67. The summed E-state index contributed by atoms with van der Waals surface area (Å²) in [4.78, 5) is 58.0. The SMILES string of the molecule is O=C(C[C@H]1O[C@H](CO)[C@@H](O)[C@H](O)[C@H]1O)N[C@H](Cc1cnc[nH]1)C(=O)NC[C@H]1O[C@@H](n2ccc(=O)[nH]c2=O)[C@H](O)[C@@H]1O. The standard InChI is InChI=1S/C23H32N6O12/c30-7-13-18(35)19(36)16(33)11(40-13)4-15(32)27-10(3-9-5-24-8-26-9)21(38)25-6-12-17(34)20(37)22(41-12)29-2-1-14(31)28-23(29)39/h1-2,5,8,10-13,16-20,22,30,33-37H,3-4,6-7H2,(H,24,26)(H,25,38)(H,27,32)(H,28,31,39)/t10-,11-,12-,13-,16+,17-,18-,19-,20-,22-/m1/s1. The second-order valence-corrected chi connectivity index (χ2v) is 9.78. The summed E-state index contributed by atoms with van der Waals surface area (Å²) in [6.07, 6.45) is -9.73. The van der Waals surface area contributed by atoms with Gasteiger partial charge >= 0.3 is 5.69 Å². The highest BCUT2D eigenvalue weighted by Gasteiger charge is 2.45. The van der Waals surface area contributed by atoms with Crippen LogP contribution in [-0.4, -0.2) is 130 Å². The fourth-order valence-corrected chi connectivity index (χ4v) is 4.69. The molecule has 0 aliphatic carbocycles. The number of aromatic nitrogens is 4. The van der Waals surface area contributed by atoms with E-state index in [0.29, 0.717) is 5.69 Å². The Balaban J connectivity index is 1.40. The van der Waals surface area contributed by atoms with Gasteiger partial charge in [0.2, 0.25) is 11.8 Å². The van der Waals surface area contributed by atoms with Gasteiger partial charge in [0, 0.05) is 37.1 Å². The van der Waals surface area contributed by atoms with Gasteiger partial charge in [0.1, 0.15) is 48.8 Å². The number of hydrogen-bond donors (Lipinski definition) is 10. The van der Waals surface area contributed by atoms with Crippen molar-refractivity contribution in [1.82, 2.24) is 30.2 Å². The average molecular weight is 585 g/mol. The molecule has 0 radical (unpaired) electrons. The smallest absolute Gasteiger partial charge is 0.330 e. The quantitative estimate of drug-likeness (QED) is 0.125. The zero-order valence-corrected chi connectivity index (χ0v) is 21.4. The van der Waals surface area contributed by atoms with Crippen LogP contribution in [0, 0.1) is 0 Å². The molecule has 2 aromatic heterocycles. The van der Waals surface area contributed by atoms with Gasteiger partial charge in [-0.05, 0) is 0 Å². The van der Waals surface area contributed by atoms with Crippen molar-refractivity contribution >= 4 is 11.8 Å². The van der Waals surface area contributed by atoms with Crippen molar-refractivity contribution in [3.8, 4) is 0 Å². The van der Waals surface area contributed by atoms with Crippen LogP contribution in [-0.2, 0) is 25.5 Å². The first-order valence-electron chi connectivity index (χ1n) is 12.7. The Bertz CT molecular complexity index is 1300. The summed E-state index contributed by atoms with van der Waals surface area (Å²) in [5, 5.41) is 65.3. The van der Waals surface area contributed by atoms with Crippen LogP contribution < -0.4 is 21.9 Å². The van der Waals surface area contributed by atoms with E-state index in [0.717, 1.165) is 16.8 Å². The fourth-order valence-electron chi connectivity index (χ4n) is 4.69. The van der Waals surface area contributed by atoms with Crippen molar-refractivity contribution in [2.24, 2.45) is 0 Å². The van der Waals surface area contributed by atoms with E-state index in [1.807, 2.05) is 4.98 Å². The number of aliphatic hydroxyl groups is 6. The summed E-state index contributed by atoms with van der Waals surface area (Å²) in [5.74, 6) is -1.49. The van der Waals surface area contributed by atoms with Gasteiger partial charge in [-0.3, -0.25) is 23.9 Å². The predicted octanol–water partition coefficient (Wildman–Crippen LogP) is -6.04. The fraction of sp³-hybridized carbons (Fsp3) is 0.609. The molecule has 2 saturated heterocycles. The molecule has 0 saturated carbocycles. The molecule has 2 fully saturated rings. The second kappa shape index (κ2) is 13.0. The monoisotopic (exact) mass is 584 g/mol. The van der Waals surface area contributed by atoms with Crippen molar-refractivity contribution in [3.63, 3.8) is 0 Å². The lowest BCUT2D eigenvalue weighted by molar-refractivity contribution is -0.229. The van der Waals surface area contributed by atoms with Crippen LogP contribution >= 0.6 is 0 Å². The van der Waals surface area contributed by atoms with Gasteiger partial charge in [-0.15, -0.1) is 0 Å². The van der Waals surface area contributed by atoms with Gasteiger partial charge in [-0.2, -0.15) is 0 Å². The molecule has 10 atom stereocenters. The summed E-state index contributed by atoms with van der Waals surface area (Å²) in [5.41, 5.74) is -1.07. The number of H-pyrrole nitrogens is 2. The van der Waals surface area contributed by atoms with Crippen molar-refractivity contribution in [3.05, 3.63) is 51.3 Å². The minimum absolute atomic E-state index is 0.0572. The average Bonchev–Trinajstić information content (AvgIpc) is 3.55. The maximum Gasteiger partial charge on any atom is 0.330 e. The number of aliphatic hydroxyl groups excluding tert-OH is 6. The third-order valence-electron chi connectivity index (χ3n) is 6.95. The van der Waals surface area contributed by atoms with Crippen LogP contribution in [0.15, 0.2) is 34.4 Å². The lowest BCUT2D eigenvalue weighted by Gasteiger charge is -2.39. The first-order valence-corrected chi connectivity index (χ1v) is 12.7. The minimum Gasteiger partial charge on any atom is -0.394 e. The molecule has 2 aliphatic rings. The molecular formula is C23H32N6O12. The summed E-state index contributed by atoms with van der Waals surface area (Å²) in [6, 6.07) is -0.180. The van der Waals surface area contributed by atoms with Crippen molar-refractivity contribution in [2.75, 3.05) is 13.2 Å². The lowest BCUT2D eigenvalue weighted by Crippen LogP contribution is -2.59. The maximum atomic E-state index is 13.1.